The lowest BCUT2D eigenvalue weighted by molar-refractivity contribution is 0.595. The highest BCUT2D eigenvalue weighted by Crippen LogP contribution is 2.30. The Morgan fingerprint density at radius 3 is 0.757 bits per heavy atom. The van der Waals surface area contributed by atoms with Gasteiger partial charge in [-0.25, -0.2) is 0 Å². The lowest BCUT2D eigenvalue weighted by Crippen LogP contribution is -2.12. The highest BCUT2D eigenvalue weighted by Gasteiger charge is 2.18. The molecule has 37 heavy (non-hydrogen) atoms. The molecule has 208 valence electrons. The van der Waals surface area contributed by atoms with Gasteiger partial charge in [-0.3, -0.25) is 0 Å². The van der Waals surface area contributed by atoms with Crippen molar-refractivity contribution in [3.63, 3.8) is 0 Å². The molecule has 0 aliphatic heterocycles. The van der Waals surface area contributed by atoms with Crippen LogP contribution in [0.3, 0.4) is 0 Å². The topological polar surface area (TPSA) is 0 Å². The molecule has 0 aliphatic carbocycles. The maximum atomic E-state index is 2.58. The van der Waals surface area contributed by atoms with Gasteiger partial charge in [0.05, 0.1) is 0 Å². The Morgan fingerprint density at radius 1 is 0.351 bits per heavy atom. The first-order valence-corrected chi connectivity index (χ1v) is 15.5. The van der Waals surface area contributed by atoms with Gasteiger partial charge >= 0.3 is 0 Å². The molecule has 0 heterocycles. The molecule has 0 atom stereocenters. The Hall–Kier alpha value is -1.56. The number of hydrogen-bond acceptors (Lipinski definition) is 0. The van der Waals surface area contributed by atoms with E-state index in [4.69, 9.17) is 0 Å². The average Bonchev–Trinajstić information content (AvgIpc) is 2.71. The van der Waals surface area contributed by atoms with E-state index < -0.39 is 0 Å². The van der Waals surface area contributed by atoms with Gasteiger partial charge in [0.15, 0.2) is 0 Å². The van der Waals surface area contributed by atoms with Gasteiger partial charge in [-0.2, -0.15) is 0 Å². The zero-order chi connectivity index (χ0) is 27.9. The molecule has 0 unspecified atom stereocenters. The molecule has 2 aromatic carbocycles. The number of rotatable bonds is 14. The van der Waals surface area contributed by atoms with E-state index >= 15 is 0 Å². The van der Waals surface area contributed by atoms with E-state index in [0.717, 1.165) is 6.42 Å². The minimum absolute atomic E-state index is 0.679. The van der Waals surface area contributed by atoms with Crippen LogP contribution in [0.25, 0.3) is 0 Å². The summed E-state index contributed by atoms with van der Waals surface area (Å²) >= 11 is 0. The normalized spacial score (nSPS) is 12.4. The Labute approximate surface area is 232 Å². The molecule has 0 N–H and O–H groups in total. The van der Waals surface area contributed by atoms with Gasteiger partial charge in [-0.05, 0) is 125 Å². The Kier molecular flexibility index (Phi) is 12.5. The van der Waals surface area contributed by atoms with E-state index in [2.05, 4.69) is 107 Å². The van der Waals surface area contributed by atoms with Crippen molar-refractivity contribution < 1.29 is 0 Å². The van der Waals surface area contributed by atoms with E-state index in [9.17, 15) is 0 Å². The highest BCUT2D eigenvalue weighted by atomic mass is 14.2. The summed E-state index contributed by atoms with van der Waals surface area (Å²) in [4.78, 5) is 0. The van der Waals surface area contributed by atoms with Crippen molar-refractivity contribution in [2.75, 3.05) is 0 Å². The molecule has 2 rings (SSSR count). The molecule has 0 nitrogen and oxygen atoms in total. The van der Waals surface area contributed by atoms with Gasteiger partial charge < -0.3 is 0 Å². The van der Waals surface area contributed by atoms with Crippen LogP contribution >= 0.6 is 0 Å². The fraction of sp³-hybridized carbons (Fsp3) is 0.676. The summed E-state index contributed by atoms with van der Waals surface area (Å²) in [6, 6.07) is 10.3. The highest BCUT2D eigenvalue weighted by molar-refractivity contribution is 5.45. The third-order valence-electron chi connectivity index (χ3n) is 7.13. The lowest BCUT2D eigenvalue weighted by atomic mass is 9.82. The zero-order valence-electron chi connectivity index (χ0n) is 26.7. The van der Waals surface area contributed by atoms with Gasteiger partial charge in [0.2, 0.25) is 0 Å². The van der Waals surface area contributed by atoms with Crippen LogP contribution in [0.1, 0.15) is 128 Å². The predicted octanol–water partition coefficient (Wildman–Crippen LogP) is 10.5. The molecule has 0 saturated carbocycles. The van der Waals surface area contributed by atoms with E-state index in [1.165, 1.54) is 49.7 Å². The molecule has 0 bridgehead atoms. The largest absolute Gasteiger partial charge is 0.0625 e. The monoisotopic (exact) mass is 504 g/mol. The second kappa shape index (κ2) is 14.6. The van der Waals surface area contributed by atoms with E-state index in [1.807, 2.05) is 0 Å². The van der Waals surface area contributed by atoms with Crippen molar-refractivity contribution >= 4 is 0 Å². The van der Waals surface area contributed by atoms with Gasteiger partial charge in [0.25, 0.3) is 0 Å². The van der Waals surface area contributed by atoms with E-state index in [1.54, 1.807) is 33.4 Å². The lowest BCUT2D eigenvalue weighted by Gasteiger charge is -2.23. The minimum Gasteiger partial charge on any atom is -0.0625 e. The van der Waals surface area contributed by atoms with E-state index in [0.29, 0.717) is 35.5 Å². The van der Waals surface area contributed by atoms with Crippen LogP contribution in [0, 0.1) is 35.5 Å². The Morgan fingerprint density at radius 2 is 0.568 bits per heavy atom. The molecule has 0 fully saturated rings. The van der Waals surface area contributed by atoms with Gasteiger partial charge in [-0.1, -0.05) is 107 Å². The second-order valence-corrected chi connectivity index (χ2v) is 14.5. The number of benzene rings is 2. The second-order valence-electron chi connectivity index (χ2n) is 14.5. The first-order valence-electron chi connectivity index (χ1n) is 15.5. The first-order chi connectivity index (χ1) is 17.2. The third kappa shape index (κ3) is 10.6. The maximum Gasteiger partial charge on any atom is -0.00254 e. The van der Waals surface area contributed by atoms with E-state index in [-0.39, 0.29) is 0 Å². The Bertz CT molecular complexity index is 826. The smallest absolute Gasteiger partial charge is 0.00254 e. The predicted molar refractivity (Wildman–Crippen MR) is 167 cm³/mol. The molecule has 0 saturated heterocycles. The van der Waals surface area contributed by atoms with Crippen LogP contribution in [0.5, 0.6) is 0 Å². The Balaban J connectivity index is 2.64. The molecule has 0 aromatic heterocycles. The first kappa shape index (κ1) is 31.7. The van der Waals surface area contributed by atoms with Crippen molar-refractivity contribution in [2.24, 2.45) is 35.5 Å². The molecule has 0 heteroatoms. The molecule has 0 spiro atoms. The fourth-order valence-electron chi connectivity index (χ4n) is 6.01. The van der Waals surface area contributed by atoms with Crippen molar-refractivity contribution in [1.29, 1.82) is 0 Å². The van der Waals surface area contributed by atoms with Crippen LogP contribution in [0.15, 0.2) is 24.3 Å². The van der Waals surface area contributed by atoms with Crippen LogP contribution in [0.4, 0.5) is 0 Å². The summed E-state index contributed by atoms with van der Waals surface area (Å²) in [5.41, 5.74) is 12.8. The summed E-state index contributed by atoms with van der Waals surface area (Å²) in [7, 11) is 0. The SMILES string of the molecule is CC(C)Cc1cc(Cc2cc(CC(C)C)c(CC(C)C)c(CC(C)C)c2)cc(CC(C)C)c1CC(C)C. The molecular weight excluding hydrogens is 444 g/mol. The van der Waals surface area contributed by atoms with Crippen molar-refractivity contribution in [2.45, 2.75) is 128 Å². The summed E-state index contributed by atoms with van der Waals surface area (Å²) in [6.07, 6.45) is 8.20. The zero-order valence-corrected chi connectivity index (χ0v) is 26.7. The number of hydrogen-bond donors (Lipinski definition) is 0. The molecule has 0 radical (unpaired) electrons. The van der Waals surface area contributed by atoms with Crippen LogP contribution < -0.4 is 0 Å². The van der Waals surface area contributed by atoms with Gasteiger partial charge in [0.1, 0.15) is 0 Å². The van der Waals surface area contributed by atoms with Crippen molar-refractivity contribution in [1.82, 2.24) is 0 Å². The fourth-order valence-corrected chi connectivity index (χ4v) is 6.01. The summed E-state index contributed by atoms with van der Waals surface area (Å²) in [5, 5.41) is 0. The van der Waals surface area contributed by atoms with Crippen LogP contribution in [0.2, 0.25) is 0 Å². The van der Waals surface area contributed by atoms with Crippen molar-refractivity contribution in [3.8, 4) is 0 Å². The third-order valence-corrected chi connectivity index (χ3v) is 7.13. The summed E-state index contributed by atoms with van der Waals surface area (Å²) in [6.45, 7) is 28.5. The van der Waals surface area contributed by atoms with Gasteiger partial charge in [-0.15, -0.1) is 0 Å². The molecule has 2 aromatic rings. The molecule has 0 amide bonds. The molecule has 0 aliphatic rings. The quantitative estimate of drug-likeness (QED) is 0.240. The van der Waals surface area contributed by atoms with Gasteiger partial charge in [0, 0.05) is 0 Å². The van der Waals surface area contributed by atoms with Crippen LogP contribution in [-0.2, 0) is 44.9 Å². The average molecular weight is 505 g/mol. The molecular formula is C37H60. The summed E-state index contributed by atoms with van der Waals surface area (Å²) in [5.74, 6) is 4.09. The summed E-state index contributed by atoms with van der Waals surface area (Å²) < 4.78 is 0. The maximum absolute atomic E-state index is 2.58. The standard InChI is InChI=1S/C37H60/c1-24(2)13-32-20-30(21-33(14-25(3)4)36(32)17-28(9)10)19-31-22-34(15-26(5)6)37(18-29(11)12)35(23-31)16-27(7)8/h20-29H,13-19H2,1-12H3. The van der Waals surface area contributed by atoms with Crippen LogP contribution in [-0.4, -0.2) is 0 Å². The van der Waals surface area contributed by atoms with Crippen molar-refractivity contribution in [3.05, 3.63) is 68.8 Å². The minimum atomic E-state index is 0.679.